The topological polar surface area (TPSA) is 64.9 Å². The van der Waals surface area contributed by atoms with Gasteiger partial charge in [0.1, 0.15) is 11.9 Å². The third-order valence-electron chi connectivity index (χ3n) is 7.47. The molecule has 2 heterocycles. The van der Waals surface area contributed by atoms with Gasteiger partial charge in [0.2, 0.25) is 0 Å². The lowest BCUT2D eigenvalue weighted by molar-refractivity contribution is 0.0965. The van der Waals surface area contributed by atoms with Crippen molar-refractivity contribution in [2.45, 2.75) is 37.8 Å². The van der Waals surface area contributed by atoms with E-state index < -0.39 is 5.82 Å². The Morgan fingerprint density at radius 3 is 2.86 bits per heavy atom. The van der Waals surface area contributed by atoms with E-state index in [1.807, 2.05) is 12.1 Å². The van der Waals surface area contributed by atoms with Gasteiger partial charge in [-0.2, -0.15) is 5.26 Å². The molecule has 0 spiro atoms. The fourth-order valence-corrected chi connectivity index (χ4v) is 6.36. The van der Waals surface area contributed by atoms with Crippen LogP contribution in [0.25, 0.3) is 0 Å². The van der Waals surface area contributed by atoms with Crippen molar-refractivity contribution in [3.8, 4) is 6.07 Å². The molecule has 0 radical (unpaired) electrons. The van der Waals surface area contributed by atoms with Gasteiger partial charge in [-0.05, 0) is 83.9 Å². The van der Waals surface area contributed by atoms with E-state index in [0.29, 0.717) is 30.2 Å². The second-order valence-corrected chi connectivity index (χ2v) is 8.69. The van der Waals surface area contributed by atoms with Crippen LogP contribution in [0.5, 0.6) is 0 Å². The first-order valence-electron chi connectivity index (χ1n) is 10.0. The molecule has 2 aromatic carbocycles. The van der Waals surface area contributed by atoms with E-state index in [4.69, 9.17) is 0 Å². The monoisotopic (exact) mass is 373 g/mol. The summed E-state index contributed by atoms with van der Waals surface area (Å²) in [5.41, 5.74) is 5.31. The van der Waals surface area contributed by atoms with Crippen molar-refractivity contribution in [2.24, 2.45) is 17.8 Å². The van der Waals surface area contributed by atoms with Gasteiger partial charge in [-0.15, -0.1) is 0 Å². The van der Waals surface area contributed by atoms with E-state index in [2.05, 4.69) is 22.8 Å². The zero-order valence-electron chi connectivity index (χ0n) is 15.3. The Balaban J connectivity index is 1.50. The van der Waals surface area contributed by atoms with Gasteiger partial charge in [0, 0.05) is 17.8 Å². The Morgan fingerprint density at radius 1 is 1.14 bits per heavy atom. The van der Waals surface area contributed by atoms with Crippen LogP contribution in [0.3, 0.4) is 0 Å². The fraction of sp³-hybridized carbons (Fsp3) is 0.391. The molecule has 2 unspecified atom stereocenters. The van der Waals surface area contributed by atoms with Crippen LogP contribution in [0.4, 0.5) is 10.1 Å². The third kappa shape index (κ3) is 2.06. The molecule has 2 N–H and O–H groups in total. The minimum Gasteiger partial charge on any atom is -0.378 e. The first-order chi connectivity index (χ1) is 13.6. The Kier molecular flexibility index (Phi) is 3.21. The minimum atomic E-state index is -0.464. The van der Waals surface area contributed by atoms with Gasteiger partial charge in [0.25, 0.3) is 5.91 Å². The van der Waals surface area contributed by atoms with E-state index in [9.17, 15) is 14.4 Å². The van der Waals surface area contributed by atoms with Crippen molar-refractivity contribution in [3.63, 3.8) is 0 Å². The first kappa shape index (κ1) is 16.1. The lowest BCUT2D eigenvalue weighted by Crippen LogP contribution is -2.35. The van der Waals surface area contributed by atoms with Crippen molar-refractivity contribution < 1.29 is 9.18 Å². The van der Waals surface area contributed by atoms with E-state index in [0.717, 1.165) is 22.4 Å². The quantitative estimate of drug-likeness (QED) is 0.786. The summed E-state index contributed by atoms with van der Waals surface area (Å²) in [5, 5.41) is 15.9. The number of benzene rings is 2. The van der Waals surface area contributed by atoms with E-state index in [1.54, 1.807) is 6.07 Å². The molecule has 6 rings (SSSR count). The lowest BCUT2D eigenvalue weighted by Gasteiger charge is -2.43. The van der Waals surface area contributed by atoms with Gasteiger partial charge in [0.05, 0.1) is 11.6 Å². The number of carbonyl (C=O) groups excluding carboxylic acids is 1. The molecule has 4 nitrogen and oxygen atoms in total. The molecule has 1 amide bonds. The summed E-state index contributed by atoms with van der Waals surface area (Å²) in [6.45, 7) is 0.572. The predicted molar refractivity (Wildman–Crippen MR) is 102 cm³/mol. The minimum absolute atomic E-state index is 0.0248. The SMILES string of the molecule is N#Cc1cc([C@H]2Nc3cc4c(cc3[C@@H]3C5CCC(C5)[C@H]23)C(=O)NC4)ccc1F. The molecule has 2 saturated carbocycles. The van der Waals surface area contributed by atoms with Crippen LogP contribution in [0.15, 0.2) is 30.3 Å². The number of nitrogens with one attached hydrogen (secondary N) is 2. The highest BCUT2D eigenvalue weighted by molar-refractivity contribution is 5.99. The standard InChI is InChI=1S/C23H20FN3O/c24-18-4-3-13(6-14(18)9-25)22-21-12-2-1-11(5-12)20(21)17-8-16-15(7-19(17)27-22)10-26-23(16)28/h3-4,6-8,11-12,20-22,27H,1-2,5,10H2,(H,26,28)/t11?,12?,20-,21-,22+/m0/s1. The van der Waals surface area contributed by atoms with E-state index in [1.165, 1.54) is 30.9 Å². The third-order valence-corrected chi connectivity index (χ3v) is 7.47. The molecule has 2 aliphatic carbocycles. The molecule has 0 aromatic heterocycles. The number of fused-ring (bicyclic) bond motifs is 8. The van der Waals surface area contributed by atoms with Gasteiger partial charge in [-0.1, -0.05) is 6.07 Å². The van der Waals surface area contributed by atoms with Gasteiger partial charge < -0.3 is 10.6 Å². The maximum atomic E-state index is 13.9. The fourth-order valence-electron chi connectivity index (χ4n) is 6.36. The van der Waals surface area contributed by atoms with Crippen LogP contribution < -0.4 is 10.6 Å². The van der Waals surface area contributed by atoms with E-state index >= 15 is 0 Å². The molecular formula is C23H20FN3O. The normalized spacial score (nSPS) is 31.4. The van der Waals surface area contributed by atoms with Crippen molar-refractivity contribution in [3.05, 3.63) is 64.0 Å². The van der Waals surface area contributed by atoms with Crippen LogP contribution in [0.2, 0.25) is 0 Å². The molecule has 4 aliphatic rings. The van der Waals surface area contributed by atoms with E-state index in [-0.39, 0.29) is 17.5 Å². The maximum absolute atomic E-state index is 13.9. The summed E-state index contributed by atoms with van der Waals surface area (Å²) in [6, 6.07) is 11.2. The van der Waals surface area contributed by atoms with Crippen LogP contribution >= 0.6 is 0 Å². The number of halogens is 1. The Bertz CT molecular complexity index is 1070. The number of nitrogens with zero attached hydrogens (tertiary/aromatic N) is 1. The molecule has 28 heavy (non-hydrogen) atoms. The van der Waals surface area contributed by atoms with Crippen LogP contribution in [-0.2, 0) is 6.54 Å². The Hall–Kier alpha value is -2.87. The number of nitriles is 1. The second-order valence-electron chi connectivity index (χ2n) is 8.69. The number of amides is 1. The summed E-state index contributed by atoms with van der Waals surface area (Å²) in [5.74, 6) is 1.70. The van der Waals surface area contributed by atoms with Gasteiger partial charge in [-0.3, -0.25) is 4.79 Å². The van der Waals surface area contributed by atoms with Crippen LogP contribution in [-0.4, -0.2) is 5.91 Å². The summed E-state index contributed by atoms with van der Waals surface area (Å²) < 4.78 is 13.9. The zero-order chi connectivity index (χ0) is 19.0. The zero-order valence-corrected chi connectivity index (χ0v) is 15.3. The summed E-state index contributed by atoms with van der Waals surface area (Å²) in [7, 11) is 0. The number of hydrogen-bond donors (Lipinski definition) is 2. The molecule has 5 atom stereocenters. The highest BCUT2D eigenvalue weighted by Gasteiger charge is 2.54. The average Bonchev–Trinajstić information content (AvgIpc) is 3.42. The molecule has 2 bridgehead atoms. The number of hydrogen-bond acceptors (Lipinski definition) is 3. The summed E-state index contributed by atoms with van der Waals surface area (Å²) in [4.78, 5) is 12.2. The van der Waals surface area contributed by atoms with Crippen molar-refractivity contribution in [1.29, 1.82) is 5.26 Å². The van der Waals surface area contributed by atoms with Gasteiger partial charge >= 0.3 is 0 Å². The Morgan fingerprint density at radius 2 is 2.00 bits per heavy atom. The van der Waals surface area contributed by atoms with Crippen molar-refractivity contribution >= 4 is 11.6 Å². The summed E-state index contributed by atoms with van der Waals surface area (Å²) in [6.07, 6.45) is 3.70. The van der Waals surface area contributed by atoms with Crippen molar-refractivity contribution in [2.75, 3.05) is 5.32 Å². The Labute approximate surface area is 162 Å². The highest BCUT2D eigenvalue weighted by atomic mass is 19.1. The van der Waals surface area contributed by atoms with Gasteiger partial charge in [-0.25, -0.2) is 4.39 Å². The lowest BCUT2D eigenvalue weighted by atomic mass is 9.67. The van der Waals surface area contributed by atoms with Crippen LogP contribution in [0, 0.1) is 34.9 Å². The molecular weight excluding hydrogens is 353 g/mol. The maximum Gasteiger partial charge on any atom is 0.251 e. The summed E-state index contributed by atoms with van der Waals surface area (Å²) >= 11 is 0. The molecule has 2 fully saturated rings. The molecule has 2 aromatic rings. The smallest absolute Gasteiger partial charge is 0.251 e. The molecule has 2 aliphatic heterocycles. The second kappa shape index (κ2) is 5.57. The largest absolute Gasteiger partial charge is 0.378 e. The molecule has 140 valence electrons. The average molecular weight is 373 g/mol. The van der Waals surface area contributed by atoms with Gasteiger partial charge in [0.15, 0.2) is 0 Å². The highest BCUT2D eigenvalue weighted by Crippen LogP contribution is 2.64. The van der Waals surface area contributed by atoms with Crippen LogP contribution in [0.1, 0.15) is 63.8 Å². The number of rotatable bonds is 1. The number of anilines is 1. The molecule has 5 heteroatoms. The van der Waals surface area contributed by atoms with Crippen molar-refractivity contribution in [1.82, 2.24) is 5.32 Å². The molecule has 0 saturated heterocycles. The first-order valence-corrected chi connectivity index (χ1v) is 10.0. The predicted octanol–water partition coefficient (Wildman–Crippen LogP) is 4.24. The number of carbonyl (C=O) groups is 1.